The molecular formula is C18H24O3. The molecule has 4 rings (SSSR count). The highest BCUT2D eigenvalue weighted by Crippen LogP contribution is 2.60. The van der Waals surface area contributed by atoms with E-state index in [0.29, 0.717) is 24.0 Å². The Kier molecular flexibility index (Phi) is 2.89. The Balaban J connectivity index is 1.76. The molecule has 0 aliphatic heterocycles. The Labute approximate surface area is 125 Å². The smallest absolute Gasteiger partial charge is 0.115 e. The Hall–Kier alpha value is -1.06. The monoisotopic (exact) mass is 288 g/mol. The summed E-state index contributed by atoms with van der Waals surface area (Å²) in [5, 5.41) is 30.8. The topological polar surface area (TPSA) is 60.7 Å². The van der Waals surface area contributed by atoms with Gasteiger partial charge < -0.3 is 15.3 Å². The number of fused-ring (bicyclic) bond motifs is 5. The average molecular weight is 288 g/mol. The lowest BCUT2D eigenvalue weighted by molar-refractivity contribution is -0.0798. The lowest BCUT2D eigenvalue weighted by atomic mass is 9.54. The van der Waals surface area contributed by atoms with Crippen LogP contribution in [0.5, 0.6) is 5.75 Å². The van der Waals surface area contributed by atoms with Crippen molar-refractivity contribution >= 4 is 0 Å². The maximum absolute atomic E-state index is 10.8. The molecule has 3 aliphatic rings. The third kappa shape index (κ3) is 1.80. The fourth-order valence-corrected chi connectivity index (χ4v) is 5.62. The van der Waals surface area contributed by atoms with Gasteiger partial charge in [0.05, 0.1) is 12.2 Å². The van der Waals surface area contributed by atoms with Crippen LogP contribution in [0.1, 0.15) is 49.7 Å². The quantitative estimate of drug-likeness (QED) is 0.687. The van der Waals surface area contributed by atoms with Gasteiger partial charge in [-0.2, -0.15) is 0 Å². The standard InChI is InChI=1S/C18H24O3/c1-18-9-15(20)17-12-5-3-11(19)8-10(12)2-4-13(17)14(18)6-7-16(18)21/h3,5,8,13-17,19-21H,2,4,6-7,9H2,1H3/t13-,14+,15-,16+,17-,18-/m1/s1. The summed E-state index contributed by atoms with van der Waals surface area (Å²) in [4.78, 5) is 0. The normalized spacial score (nSPS) is 44.8. The maximum Gasteiger partial charge on any atom is 0.115 e. The number of phenols is 1. The molecule has 6 atom stereocenters. The summed E-state index contributed by atoms with van der Waals surface area (Å²) < 4.78 is 0. The van der Waals surface area contributed by atoms with Gasteiger partial charge in [-0.1, -0.05) is 13.0 Å². The molecule has 0 heterocycles. The molecule has 114 valence electrons. The number of hydrogen-bond donors (Lipinski definition) is 3. The molecule has 0 saturated heterocycles. The van der Waals surface area contributed by atoms with Gasteiger partial charge in [0.25, 0.3) is 0 Å². The molecule has 0 aromatic heterocycles. The molecule has 0 bridgehead atoms. The zero-order valence-electron chi connectivity index (χ0n) is 12.5. The van der Waals surface area contributed by atoms with Crippen LogP contribution >= 0.6 is 0 Å². The highest BCUT2D eigenvalue weighted by Gasteiger charge is 2.57. The maximum atomic E-state index is 10.8. The van der Waals surface area contributed by atoms with E-state index in [9.17, 15) is 15.3 Å². The minimum Gasteiger partial charge on any atom is -0.508 e. The van der Waals surface area contributed by atoms with Gasteiger partial charge in [-0.25, -0.2) is 0 Å². The van der Waals surface area contributed by atoms with Gasteiger partial charge in [-0.05, 0) is 72.6 Å². The van der Waals surface area contributed by atoms with Gasteiger partial charge >= 0.3 is 0 Å². The molecule has 3 nitrogen and oxygen atoms in total. The zero-order valence-corrected chi connectivity index (χ0v) is 12.5. The van der Waals surface area contributed by atoms with E-state index in [1.165, 1.54) is 11.1 Å². The SMILES string of the molecule is C[C@@]12C[C@@H](O)[C@@H]3c4ccc(O)cc4CC[C@@H]3[C@@H]1CC[C@@H]2O. The Morgan fingerprint density at radius 1 is 1.14 bits per heavy atom. The number of benzene rings is 1. The highest BCUT2D eigenvalue weighted by molar-refractivity contribution is 5.40. The van der Waals surface area contributed by atoms with Crippen molar-refractivity contribution in [1.29, 1.82) is 0 Å². The summed E-state index contributed by atoms with van der Waals surface area (Å²) in [5.41, 5.74) is 2.30. The average Bonchev–Trinajstić information content (AvgIpc) is 2.74. The van der Waals surface area contributed by atoms with Gasteiger partial charge in [0, 0.05) is 5.92 Å². The van der Waals surface area contributed by atoms with E-state index in [2.05, 4.69) is 6.92 Å². The first kappa shape index (κ1) is 13.6. The minimum absolute atomic E-state index is 0.116. The van der Waals surface area contributed by atoms with E-state index in [0.717, 1.165) is 25.7 Å². The molecule has 1 aromatic carbocycles. The molecule has 0 unspecified atom stereocenters. The van der Waals surface area contributed by atoms with Crippen LogP contribution in [0.4, 0.5) is 0 Å². The van der Waals surface area contributed by atoms with Crippen molar-refractivity contribution in [3.05, 3.63) is 29.3 Å². The van der Waals surface area contributed by atoms with E-state index in [1.54, 1.807) is 6.07 Å². The van der Waals surface area contributed by atoms with Gasteiger partial charge in [0.15, 0.2) is 0 Å². The van der Waals surface area contributed by atoms with Crippen molar-refractivity contribution in [1.82, 2.24) is 0 Å². The van der Waals surface area contributed by atoms with Gasteiger partial charge in [-0.3, -0.25) is 0 Å². The number of aliphatic hydroxyl groups excluding tert-OH is 2. The fraction of sp³-hybridized carbons (Fsp3) is 0.667. The van der Waals surface area contributed by atoms with E-state index in [4.69, 9.17) is 0 Å². The van der Waals surface area contributed by atoms with Gasteiger partial charge in [0.1, 0.15) is 5.75 Å². The van der Waals surface area contributed by atoms with Crippen LogP contribution in [0.15, 0.2) is 18.2 Å². The van der Waals surface area contributed by atoms with Crippen LogP contribution in [-0.4, -0.2) is 27.5 Å². The first-order chi connectivity index (χ1) is 10.0. The van der Waals surface area contributed by atoms with Crippen LogP contribution in [0.2, 0.25) is 0 Å². The Bertz CT molecular complexity index is 570. The van der Waals surface area contributed by atoms with Crippen LogP contribution in [-0.2, 0) is 6.42 Å². The number of rotatable bonds is 0. The van der Waals surface area contributed by atoms with Crippen molar-refractivity contribution in [2.45, 2.75) is 57.2 Å². The molecule has 1 aromatic rings. The van der Waals surface area contributed by atoms with Crippen LogP contribution < -0.4 is 0 Å². The molecule has 2 saturated carbocycles. The second-order valence-corrected chi connectivity index (χ2v) is 7.59. The summed E-state index contributed by atoms with van der Waals surface area (Å²) in [5.74, 6) is 1.48. The molecule has 2 fully saturated rings. The van der Waals surface area contributed by atoms with Crippen LogP contribution in [0.25, 0.3) is 0 Å². The van der Waals surface area contributed by atoms with Crippen LogP contribution in [0.3, 0.4) is 0 Å². The predicted molar refractivity (Wildman–Crippen MR) is 80.1 cm³/mol. The molecule has 0 spiro atoms. The van der Waals surface area contributed by atoms with Crippen molar-refractivity contribution in [2.24, 2.45) is 17.3 Å². The van der Waals surface area contributed by atoms with E-state index in [1.807, 2.05) is 12.1 Å². The number of phenolic OH excluding ortho intramolecular Hbond substituents is 1. The summed E-state index contributed by atoms with van der Waals surface area (Å²) >= 11 is 0. The first-order valence-corrected chi connectivity index (χ1v) is 8.18. The zero-order chi connectivity index (χ0) is 14.8. The highest BCUT2D eigenvalue weighted by atomic mass is 16.3. The van der Waals surface area contributed by atoms with Crippen molar-refractivity contribution < 1.29 is 15.3 Å². The number of aromatic hydroxyl groups is 1. The second-order valence-electron chi connectivity index (χ2n) is 7.59. The van der Waals surface area contributed by atoms with Gasteiger partial charge in [-0.15, -0.1) is 0 Å². The summed E-state index contributed by atoms with van der Waals surface area (Å²) in [6, 6.07) is 5.60. The molecule has 3 heteroatoms. The molecular weight excluding hydrogens is 264 g/mol. The fourth-order valence-electron chi connectivity index (χ4n) is 5.62. The largest absolute Gasteiger partial charge is 0.508 e. The lowest BCUT2D eigenvalue weighted by Crippen LogP contribution is -2.50. The van der Waals surface area contributed by atoms with E-state index < -0.39 is 0 Å². The summed E-state index contributed by atoms with van der Waals surface area (Å²) in [6.07, 6.45) is 4.04. The first-order valence-electron chi connectivity index (χ1n) is 8.18. The van der Waals surface area contributed by atoms with Gasteiger partial charge in [0.2, 0.25) is 0 Å². The number of aliphatic hydroxyl groups is 2. The third-order valence-electron chi connectivity index (χ3n) is 6.63. The molecule has 0 radical (unpaired) electrons. The van der Waals surface area contributed by atoms with Crippen molar-refractivity contribution in [3.63, 3.8) is 0 Å². The molecule has 3 N–H and O–H groups in total. The second kappa shape index (κ2) is 4.47. The van der Waals surface area contributed by atoms with Crippen molar-refractivity contribution in [2.75, 3.05) is 0 Å². The van der Waals surface area contributed by atoms with Crippen LogP contribution in [0, 0.1) is 17.3 Å². The number of aryl methyl sites for hydroxylation is 1. The van der Waals surface area contributed by atoms with E-state index in [-0.39, 0.29) is 23.5 Å². The lowest BCUT2D eigenvalue weighted by Gasteiger charge is -2.52. The third-order valence-corrected chi connectivity index (χ3v) is 6.63. The van der Waals surface area contributed by atoms with Crippen molar-refractivity contribution in [3.8, 4) is 5.75 Å². The minimum atomic E-state index is -0.382. The Morgan fingerprint density at radius 2 is 1.95 bits per heavy atom. The Morgan fingerprint density at radius 3 is 2.76 bits per heavy atom. The molecule has 21 heavy (non-hydrogen) atoms. The molecule has 0 amide bonds. The summed E-state index contributed by atoms with van der Waals surface area (Å²) in [6.45, 7) is 2.17. The number of hydrogen-bond acceptors (Lipinski definition) is 3. The molecule has 3 aliphatic carbocycles. The van der Waals surface area contributed by atoms with E-state index >= 15 is 0 Å². The predicted octanol–water partition coefficient (Wildman–Crippen LogP) is 2.58. The summed E-state index contributed by atoms with van der Waals surface area (Å²) in [7, 11) is 0.